The minimum absolute atomic E-state index is 0. The Morgan fingerprint density at radius 3 is 1.58 bits per heavy atom. The van der Waals surface area contributed by atoms with Gasteiger partial charge in [0, 0.05) is 0 Å². The molecule has 0 radical (unpaired) electrons. The molecule has 0 saturated heterocycles. The maximum atomic E-state index is 2.32. The molecule has 2 aromatic carbocycles. The lowest BCUT2D eigenvalue weighted by Gasteiger charge is -2.19. The molecule has 134 valence electrons. The van der Waals surface area contributed by atoms with Gasteiger partial charge in [0.2, 0.25) is 0 Å². The topological polar surface area (TPSA) is 0 Å². The number of benzene rings is 2. The molecule has 24 heavy (non-hydrogen) atoms. The van der Waals surface area contributed by atoms with Gasteiger partial charge in [-0.05, 0) is 48.6 Å². The quantitative estimate of drug-likeness (QED) is 0.437. The van der Waals surface area contributed by atoms with Crippen LogP contribution in [0.2, 0.25) is 0 Å². The molecule has 0 amide bonds. The van der Waals surface area contributed by atoms with Crippen molar-refractivity contribution in [2.45, 2.75) is 71.6 Å². The lowest BCUT2D eigenvalue weighted by atomic mass is 9.86. The van der Waals surface area contributed by atoms with E-state index in [1.807, 2.05) is 0 Å². The molecule has 0 aromatic heterocycles. The predicted octanol–water partition coefficient (Wildman–Crippen LogP) is 7.68. The first-order chi connectivity index (χ1) is 10.8. The maximum Gasteiger partial charge on any atom is -0.0162 e. The van der Waals surface area contributed by atoms with Gasteiger partial charge in [-0.15, -0.1) is 0 Å². The molecule has 1 heteroatoms. The van der Waals surface area contributed by atoms with Gasteiger partial charge in [0.15, 0.2) is 0 Å². The number of rotatable bonds is 9. The molecular weight excluding hydrogens is 308 g/mol. The molecular formula is C23H36S. The van der Waals surface area contributed by atoms with Crippen LogP contribution >= 0.6 is 13.5 Å². The van der Waals surface area contributed by atoms with Crippen LogP contribution < -0.4 is 0 Å². The van der Waals surface area contributed by atoms with Crippen LogP contribution in [0.1, 0.15) is 82.8 Å². The Kier molecular flexibility index (Phi) is 12.5. The summed E-state index contributed by atoms with van der Waals surface area (Å²) in [6.45, 7) is 4.62. The Hall–Kier alpha value is -1.21. The Labute approximate surface area is 157 Å². The highest BCUT2D eigenvalue weighted by Crippen LogP contribution is 2.31. The molecule has 0 aliphatic carbocycles. The van der Waals surface area contributed by atoms with Crippen molar-refractivity contribution < 1.29 is 0 Å². The summed E-state index contributed by atoms with van der Waals surface area (Å²) >= 11 is 0. The van der Waals surface area contributed by atoms with Crippen molar-refractivity contribution in [2.75, 3.05) is 0 Å². The van der Waals surface area contributed by atoms with Gasteiger partial charge in [-0.3, -0.25) is 0 Å². The first kappa shape index (κ1) is 22.8. The Bertz CT molecular complexity index is 506. The lowest BCUT2D eigenvalue weighted by Crippen LogP contribution is -2.02. The van der Waals surface area contributed by atoms with Crippen molar-refractivity contribution in [1.82, 2.24) is 0 Å². The molecule has 2 rings (SSSR count). The van der Waals surface area contributed by atoms with E-state index in [4.69, 9.17) is 0 Å². The summed E-state index contributed by atoms with van der Waals surface area (Å²) in [5, 5.41) is 0. The molecule has 0 spiro atoms. The van der Waals surface area contributed by atoms with Crippen LogP contribution in [0.25, 0.3) is 0 Å². The third-order valence-corrected chi connectivity index (χ3v) is 4.78. The first-order valence-corrected chi connectivity index (χ1v) is 8.95. The second kappa shape index (κ2) is 13.1. The van der Waals surface area contributed by atoms with Gasteiger partial charge < -0.3 is 0 Å². The molecule has 0 aliphatic rings. The monoisotopic (exact) mass is 344 g/mol. The fourth-order valence-corrected chi connectivity index (χ4v) is 3.49. The normalized spacial score (nSPS) is 12.6. The highest BCUT2D eigenvalue weighted by Gasteiger charge is 2.13. The SMILES string of the molecule is C.CCCC(CCCC(CC)c1ccccc1)c1ccccc1.S. The average Bonchev–Trinajstić information content (AvgIpc) is 2.59. The smallest absolute Gasteiger partial charge is 0.0162 e. The summed E-state index contributed by atoms with van der Waals surface area (Å²) in [5.41, 5.74) is 3.04. The second-order valence-corrected chi connectivity index (χ2v) is 6.34. The molecule has 2 aromatic rings. The zero-order chi connectivity index (χ0) is 15.6. The minimum Gasteiger partial charge on any atom is -0.197 e. The van der Waals surface area contributed by atoms with E-state index < -0.39 is 0 Å². The molecule has 2 unspecified atom stereocenters. The fraction of sp³-hybridized carbons (Fsp3) is 0.478. The van der Waals surface area contributed by atoms with E-state index in [1.165, 1.54) is 49.7 Å². The van der Waals surface area contributed by atoms with E-state index in [9.17, 15) is 0 Å². The van der Waals surface area contributed by atoms with E-state index in [0.29, 0.717) is 0 Å². The standard InChI is InChI=1S/C22H30.CH4.H2S/c1-3-12-20(22-15-9-6-10-16-22)18-11-17-19(4-2)21-13-7-5-8-14-21;;/h5-10,13-16,19-20H,3-4,11-12,17-18H2,1-2H3;1H4;1H2. The summed E-state index contributed by atoms with van der Waals surface area (Å²) in [4.78, 5) is 0. The summed E-state index contributed by atoms with van der Waals surface area (Å²) in [6, 6.07) is 22.1. The highest BCUT2D eigenvalue weighted by molar-refractivity contribution is 7.59. The molecule has 0 nitrogen and oxygen atoms in total. The summed E-state index contributed by atoms with van der Waals surface area (Å²) in [5.74, 6) is 1.46. The Morgan fingerprint density at radius 1 is 0.667 bits per heavy atom. The zero-order valence-electron chi connectivity index (χ0n) is 14.7. The molecule has 0 fully saturated rings. The second-order valence-electron chi connectivity index (χ2n) is 6.34. The number of hydrogen-bond donors (Lipinski definition) is 0. The van der Waals surface area contributed by atoms with Crippen LogP contribution in [-0.4, -0.2) is 0 Å². The fourth-order valence-electron chi connectivity index (χ4n) is 3.49. The van der Waals surface area contributed by atoms with Crippen molar-refractivity contribution in [1.29, 1.82) is 0 Å². The first-order valence-electron chi connectivity index (χ1n) is 8.95. The predicted molar refractivity (Wildman–Crippen MR) is 115 cm³/mol. The van der Waals surface area contributed by atoms with Gasteiger partial charge in [0.1, 0.15) is 0 Å². The van der Waals surface area contributed by atoms with E-state index in [1.54, 1.807) is 0 Å². The van der Waals surface area contributed by atoms with Crippen molar-refractivity contribution in [3.63, 3.8) is 0 Å². The van der Waals surface area contributed by atoms with E-state index in [2.05, 4.69) is 74.5 Å². The average molecular weight is 345 g/mol. The lowest BCUT2D eigenvalue weighted by molar-refractivity contribution is 0.494. The van der Waals surface area contributed by atoms with Gasteiger partial charge in [-0.25, -0.2) is 0 Å². The van der Waals surface area contributed by atoms with E-state index >= 15 is 0 Å². The molecule has 2 atom stereocenters. The Morgan fingerprint density at radius 2 is 1.12 bits per heavy atom. The third kappa shape index (κ3) is 7.13. The molecule has 0 aliphatic heterocycles. The van der Waals surface area contributed by atoms with Crippen LogP contribution in [-0.2, 0) is 0 Å². The third-order valence-electron chi connectivity index (χ3n) is 4.78. The molecule has 0 saturated carbocycles. The van der Waals surface area contributed by atoms with Gasteiger partial charge >= 0.3 is 0 Å². The van der Waals surface area contributed by atoms with Gasteiger partial charge in [0.05, 0.1) is 0 Å². The van der Waals surface area contributed by atoms with Crippen molar-refractivity contribution >= 4 is 13.5 Å². The van der Waals surface area contributed by atoms with Crippen LogP contribution in [0.5, 0.6) is 0 Å². The number of hydrogen-bond acceptors (Lipinski definition) is 0. The van der Waals surface area contributed by atoms with E-state index in [-0.39, 0.29) is 20.9 Å². The zero-order valence-corrected chi connectivity index (χ0v) is 15.7. The van der Waals surface area contributed by atoms with Crippen molar-refractivity contribution in [2.24, 2.45) is 0 Å². The van der Waals surface area contributed by atoms with Gasteiger partial charge in [-0.1, -0.05) is 94.8 Å². The summed E-state index contributed by atoms with van der Waals surface area (Å²) in [6.07, 6.45) is 7.79. The van der Waals surface area contributed by atoms with Crippen molar-refractivity contribution in [3.8, 4) is 0 Å². The maximum absolute atomic E-state index is 2.32. The molecule has 0 N–H and O–H groups in total. The van der Waals surface area contributed by atoms with E-state index in [0.717, 1.165) is 11.8 Å². The van der Waals surface area contributed by atoms with Gasteiger partial charge in [-0.2, -0.15) is 13.5 Å². The largest absolute Gasteiger partial charge is 0.197 e. The highest BCUT2D eigenvalue weighted by atomic mass is 32.1. The molecule has 0 bridgehead atoms. The summed E-state index contributed by atoms with van der Waals surface area (Å²) < 4.78 is 0. The summed E-state index contributed by atoms with van der Waals surface area (Å²) in [7, 11) is 0. The van der Waals surface area contributed by atoms with Crippen LogP contribution in [0.3, 0.4) is 0 Å². The Balaban J connectivity index is 0.00000264. The van der Waals surface area contributed by atoms with Crippen LogP contribution in [0, 0.1) is 0 Å². The molecule has 0 heterocycles. The van der Waals surface area contributed by atoms with Crippen molar-refractivity contribution in [3.05, 3.63) is 71.8 Å². The van der Waals surface area contributed by atoms with Crippen LogP contribution in [0.4, 0.5) is 0 Å². The van der Waals surface area contributed by atoms with Crippen LogP contribution in [0.15, 0.2) is 60.7 Å². The van der Waals surface area contributed by atoms with Gasteiger partial charge in [0.25, 0.3) is 0 Å². The minimum atomic E-state index is 0.